The first kappa shape index (κ1) is 17.8. The van der Waals surface area contributed by atoms with Crippen LogP contribution in [0.15, 0.2) is 71.1 Å². The van der Waals surface area contributed by atoms with E-state index in [0.717, 1.165) is 17.7 Å². The summed E-state index contributed by atoms with van der Waals surface area (Å²) in [6, 6.07) is 16.9. The van der Waals surface area contributed by atoms with E-state index in [1.54, 1.807) is 0 Å². The maximum atomic E-state index is 12.8. The van der Waals surface area contributed by atoms with E-state index >= 15 is 0 Å². The van der Waals surface area contributed by atoms with Crippen LogP contribution in [0, 0.1) is 0 Å². The van der Waals surface area contributed by atoms with Crippen LogP contribution in [0.25, 0.3) is 11.3 Å². The highest BCUT2D eigenvalue weighted by atomic mass is 19.4. The Bertz CT molecular complexity index is 901. The highest BCUT2D eigenvalue weighted by Gasteiger charge is 2.30. The molecule has 2 aromatic carbocycles. The van der Waals surface area contributed by atoms with E-state index < -0.39 is 17.6 Å². The van der Waals surface area contributed by atoms with Crippen LogP contribution >= 0.6 is 0 Å². The van der Waals surface area contributed by atoms with Crippen LogP contribution in [0.5, 0.6) is 0 Å². The highest BCUT2D eigenvalue weighted by molar-refractivity contribution is 5.92. The average Bonchev–Trinajstić information content (AvgIpc) is 3.12. The molecule has 0 saturated heterocycles. The molecule has 1 amide bonds. The van der Waals surface area contributed by atoms with Crippen molar-refractivity contribution in [1.82, 2.24) is 5.32 Å². The van der Waals surface area contributed by atoms with E-state index in [-0.39, 0.29) is 23.1 Å². The lowest BCUT2D eigenvalue weighted by molar-refractivity contribution is -0.137. The number of furan rings is 1. The summed E-state index contributed by atoms with van der Waals surface area (Å²) in [4.78, 5) is 12.3. The Morgan fingerprint density at radius 2 is 1.73 bits per heavy atom. The van der Waals surface area contributed by atoms with Gasteiger partial charge in [0, 0.05) is 5.56 Å². The molecule has 0 bridgehead atoms. The molecule has 3 nitrogen and oxygen atoms in total. The monoisotopic (exact) mass is 359 g/mol. The number of hydrogen-bond acceptors (Lipinski definition) is 2. The van der Waals surface area contributed by atoms with Crippen molar-refractivity contribution in [1.29, 1.82) is 0 Å². The molecule has 0 unspecified atom stereocenters. The molecule has 0 aliphatic heterocycles. The van der Waals surface area contributed by atoms with Crippen LogP contribution in [-0.2, 0) is 6.18 Å². The first-order chi connectivity index (χ1) is 12.3. The molecule has 0 radical (unpaired) electrons. The van der Waals surface area contributed by atoms with Gasteiger partial charge in [0.1, 0.15) is 5.76 Å². The van der Waals surface area contributed by atoms with Crippen LogP contribution < -0.4 is 5.32 Å². The van der Waals surface area contributed by atoms with E-state index in [0.29, 0.717) is 0 Å². The Hall–Kier alpha value is -3.02. The number of benzene rings is 2. The third-order valence-corrected chi connectivity index (χ3v) is 3.95. The maximum Gasteiger partial charge on any atom is 0.416 e. The van der Waals surface area contributed by atoms with E-state index in [4.69, 9.17) is 4.42 Å². The zero-order chi connectivity index (χ0) is 18.7. The number of rotatable bonds is 4. The molecular formula is C20H16F3NO2. The summed E-state index contributed by atoms with van der Waals surface area (Å²) in [5.74, 6) is -0.187. The number of halogens is 3. The first-order valence-electron chi connectivity index (χ1n) is 7.98. The fraction of sp³-hybridized carbons (Fsp3) is 0.150. The van der Waals surface area contributed by atoms with Crippen molar-refractivity contribution in [3.63, 3.8) is 0 Å². The van der Waals surface area contributed by atoms with Gasteiger partial charge in [0.25, 0.3) is 5.91 Å². The largest absolute Gasteiger partial charge is 0.451 e. The highest BCUT2D eigenvalue weighted by Crippen LogP contribution is 2.32. The number of nitrogens with one attached hydrogen (secondary N) is 1. The Morgan fingerprint density at radius 3 is 2.42 bits per heavy atom. The summed E-state index contributed by atoms with van der Waals surface area (Å²) in [5.41, 5.74) is 0.426. The minimum absolute atomic E-state index is 0.0418. The molecule has 0 aliphatic rings. The van der Waals surface area contributed by atoms with E-state index in [9.17, 15) is 18.0 Å². The second kappa shape index (κ2) is 7.07. The Labute approximate surface area is 148 Å². The van der Waals surface area contributed by atoms with Gasteiger partial charge < -0.3 is 9.73 Å². The molecule has 1 aromatic heterocycles. The summed E-state index contributed by atoms with van der Waals surface area (Å²) in [6.45, 7) is 1.84. The van der Waals surface area contributed by atoms with Crippen LogP contribution in [0.2, 0.25) is 0 Å². The number of amides is 1. The van der Waals surface area contributed by atoms with Crippen LogP contribution in [0.4, 0.5) is 13.2 Å². The van der Waals surface area contributed by atoms with Gasteiger partial charge in [-0.15, -0.1) is 0 Å². The van der Waals surface area contributed by atoms with Crippen molar-refractivity contribution in [2.24, 2.45) is 0 Å². The lowest BCUT2D eigenvalue weighted by Crippen LogP contribution is -2.26. The third kappa shape index (κ3) is 3.96. The lowest BCUT2D eigenvalue weighted by atomic mass is 10.1. The van der Waals surface area contributed by atoms with Gasteiger partial charge in [0.2, 0.25) is 0 Å². The number of carbonyl (C=O) groups is 1. The molecular weight excluding hydrogens is 343 g/mol. The van der Waals surface area contributed by atoms with E-state index in [2.05, 4.69) is 5.32 Å². The minimum Gasteiger partial charge on any atom is -0.451 e. The molecule has 0 aliphatic carbocycles. The Balaban J connectivity index is 1.76. The molecule has 6 heteroatoms. The number of hydrogen-bond donors (Lipinski definition) is 1. The molecule has 1 atom stereocenters. The van der Waals surface area contributed by atoms with Gasteiger partial charge in [0.15, 0.2) is 5.76 Å². The van der Waals surface area contributed by atoms with Gasteiger partial charge in [0.05, 0.1) is 11.6 Å². The summed E-state index contributed by atoms with van der Waals surface area (Å²) < 4.78 is 43.9. The second-order valence-electron chi connectivity index (χ2n) is 5.85. The fourth-order valence-corrected chi connectivity index (χ4v) is 2.56. The Kier molecular flexibility index (Phi) is 4.84. The summed E-state index contributed by atoms with van der Waals surface area (Å²) in [6.07, 6.45) is -4.44. The lowest BCUT2D eigenvalue weighted by Gasteiger charge is -2.13. The maximum absolute atomic E-state index is 12.8. The van der Waals surface area contributed by atoms with Crippen molar-refractivity contribution in [2.45, 2.75) is 19.1 Å². The number of carbonyl (C=O) groups excluding carboxylic acids is 1. The standard InChI is InChI=1S/C20H16F3NO2/c1-13(14-6-3-2-4-7-14)24-19(25)18-11-10-17(26-18)15-8-5-9-16(12-15)20(21,22)23/h2-13H,1H3,(H,24,25)/t13-/m0/s1. The van der Waals surface area contributed by atoms with Crippen molar-refractivity contribution >= 4 is 5.91 Å². The van der Waals surface area contributed by atoms with Gasteiger partial charge in [-0.1, -0.05) is 42.5 Å². The zero-order valence-corrected chi connectivity index (χ0v) is 13.9. The van der Waals surface area contributed by atoms with Gasteiger partial charge in [-0.2, -0.15) is 13.2 Å². The van der Waals surface area contributed by atoms with E-state index in [1.807, 2.05) is 37.3 Å². The van der Waals surface area contributed by atoms with Crippen LogP contribution in [-0.4, -0.2) is 5.91 Å². The van der Waals surface area contributed by atoms with Gasteiger partial charge in [-0.3, -0.25) is 4.79 Å². The molecule has 134 valence electrons. The van der Waals surface area contributed by atoms with Gasteiger partial charge in [-0.25, -0.2) is 0 Å². The van der Waals surface area contributed by atoms with Crippen molar-refractivity contribution < 1.29 is 22.4 Å². The number of alkyl halides is 3. The molecule has 0 spiro atoms. The zero-order valence-electron chi connectivity index (χ0n) is 13.9. The Morgan fingerprint density at radius 1 is 1.00 bits per heavy atom. The SMILES string of the molecule is C[C@H](NC(=O)c1ccc(-c2cccc(C(F)(F)F)c2)o1)c1ccccc1. The second-order valence-corrected chi connectivity index (χ2v) is 5.85. The molecule has 0 saturated carbocycles. The molecule has 3 aromatic rings. The topological polar surface area (TPSA) is 42.2 Å². The summed E-state index contributed by atoms with van der Waals surface area (Å²) in [5, 5.41) is 2.80. The average molecular weight is 359 g/mol. The van der Waals surface area contributed by atoms with Gasteiger partial charge in [-0.05, 0) is 36.8 Å². The smallest absolute Gasteiger partial charge is 0.416 e. The van der Waals surface area contributed by atoms with Crippen LogP contribution in [0.3, 0.4) is 0 Å². The normalized spacial score (nSPS) is 12.6. The molecule has 3 rings (SSSR count). The van der Waals surface area contributed by atoms with Gasteiger partial charge >= 0.3 is 6.18 Å². The van der Waals surface area contributed by atoms with Crippen molar-refractivity contribution in [3.8, 4) is 11.3 Å². The third-order valence-electron chi connectivity index (χ3n) is 3.95. The van der Waals surface area contributed by atoms with E-state index in [1.165, 1.54) is 24.3 Å². The van der Waals surface area contributed by atoms with Crippen molar-refractivity contribution in [2.75, 3.05) is 0 Å². The predicted octanol–water partition coefficient (Wildman–Crippen LogP) is 5.46. The summed E-state index contributed by atoms with van der Waals surface area (Å²) in [7, 11) is 0. The predicted molar refractivity (Wildman–Crippen MR) is 91.5 cm³/mol. The molecule has 1 heterocycles. The quantitative estimate of drug-likeness (QED) is 0.672. The molecule has 26 heavy (non-hydrogen) atoms. The molecule has 1 N–H and O–H groups in total. The first-order valence-corrected chi connectivity index (χ1v) is 7.98. The fourth-order valence-electron chi connectivity index (χ4n) is 2.56. The minimum atomic E-state index is -4.44. The summed E-state index contributed by atoms with van der Waals surface area (Å²) >= 11 is 0. The molecule has 0 fully saturated rings. The van der Waals surface area contributed by atoms with Crippen molar-refractivity contribution in [3.05, 3.63) is 83.6 Å². The van der Waals surface area contributed by atoms with Crippen LogP contribution in [0.1, 0.15) is 34.6 Å².